The molecular formula is C19H32FIN4. The van der Waals surface area contributed by atoms with Crippen LogP contribution in [0.3, 0.4) is 0 Å². The summed E-state index contributed by atoms with van der Waals surface area (Å²) >= 11 is 0. The summed E-state index contributed by atoms with van der Waals surface area (Å²) in [5, 5.41) is 6.68. The number of guanidine groups is 1. The van der Waals surface area contributed by atoms with Crippen molar-refractivity contribution >= 4 is 29.9 Å². The normalized spacial score (nSPS) is 17.7. The standard InChI is InChI=1S/C19H31FN4.HI/c1-5-21-19(22-13-16-8-10-24(4)11-9-16)23-15(3)17-7-6-14(2)18(20)12-17;/h6-7,12,15-16H,5,8-11,13H2,1-4H3,(H2,21,22,23);1H. The Bertz CT molecular complexity index is 556. The number of likely N-dealkylation sites (tertiary alicyclic amines) is 1. The van der Waals surface area contributed by atoms with Crippen molar-refractivity contribution in [3.8, 4) is 0 Å². The maximum Gasteiger partial charge on any atom is 0.191 e. The van der Waals surface area contributed by atoms with Gasteiger partial charge in [0.05, 0.1) is 6.04 Å². The van der Waals surface area contributed by atoms with Crippen molar-refractivity contribution < 1.29 is 4.39 Å². The van der Waals surface area contributed by atoms with Crippen molar-refractivity contribution in [1.82, 2.24) is 15.5 Å². The van der Waals surface area contributed by atoms with Gasteiger partial charge in [-0.3, -0.25) is 4.99 Å². The highest BCUT2D eigenvalue weighted by molar-refractivity contribution is 14.0. The highest BCUT2D eigenvalue weighted by atomic mass is 127. The van der Waals surface area contributed by atoms with Crippen molar-refractivity contribution in [3.63, 3.8) is 0 Å². The molecule has 1 atom stereocenters. The first-order valence-corrected chi connectivity index (χ1v) is 8.99. The first-order valence-electron chi connectivity index (χ1n) is 8.99. The molecule has 1 fully saturated rings. The second-order valence-corrected chi connectivity index (χ2v) is 6.84. The summed E-state index contributed by atoms with van der Waals surface area (Å²) < 4.78 is 13.8. The zero-order valence-electron chi connectivity index (χ0n) is 15.8. The Morgan fingerprint density at radius 3 is 2.64 bits per heavy atom. The molecule has 0 aliphatic carbocycles. The van der Waals surface area contributed by atoms with E-state index in [4.69, 9.17) is 4.99 Å². The highest BCUT2D eigenvalue weighted by Crippen LogP contribution is 2.17. The first kappa shape index (κ1) is 22.2. The Kier molecular flexibility index (Phi) is 9.71. The number of hydrogen-bond acceptors (Lipinski definition) is 2. The summed E-state index contributed by atoms with van der Waals surface area (Å²) in [6.45, 7) is 9.85. The lowest BCUT2D eigenvalue weighted by Gasteiger charge is -2.28. The topological polar surface area (TPSA) is 39.7 Å². The van der Waals surface area contributed by atoms with E-state index in [0.29, 0.717) is 11.5 Å². The van der Waals surface area contributed by atoms with E-state index in [9.17, 15) is 4.39 Å². The number of nitrogens with one attached hydrogen (secondary N) is 2. The van der Waals surface area contributed by atoms with Gasteiger partial charge in [0.25, 0.3) is 0 Å². The average molecular weight is 462 g/mol. The van der Waals surface area contributed by atoms with Crippen LogP contribution < -0.4 is 10.6 Å². The van der Waals surface area contributed by atoms with Crippen LogP contribution in [0.15, 0.2) is 23.2 Å². The van der Waals surface area contributed by atoms with Gasteiger partial charge in [-0.15, -0.1) is 24.0 Å². The number of benzene rings is 1. The molecule has 0 radical (unpaired) electrons. The van der Waals surface area contributed by atoms with Crippen LogP contribution in [-0.2, 0) is 0 Å². The minimum absolute atomic E-state index is 0. The summed E-state index contributed by atoms with van der Waals surface area (Å²) in [4.78, 5) is 7.12. The third-order valence-electron chi connectivity index (χ3n) is 4.74. The van der Waals surface area contributed by atoms with Crippen molar-refractivity contribution in [2.75, 3.05) is 33.2 Å². The molecule has 0 amide bonds. The van der Waals surface area contributed by atoms with E-state index in [0.717, 1.165) is 37.7 Å². The fourth-order valence-corrected chi connectivity index (χ4v) is 2.95. The monoisotopic (exact) mass is 462 g/mol. The minimum Gasteiger partial charge on any atom is -0.357 e. The van der Waals surface area contributed by atoms with Crippen molar-refractivity contribution in [2.24, 2.45) is 10.9 Å². The van der Waals surface area contributed by atoms with Gasteiger partial charge in [0, 0.05) is 13.1 Å². The lowest BCUT2D eigenvalue weighted by atomic mass is 9.97. The largest absolute Gasteiger partial charge is 0.357 e. The number of rotatable bonds is 5. The Morgan fingerprint density at radius 1 is 1.36 bits per heavy atom. The highest BCUT2D eigenvalue weighted by Gasteiger charge is 2.16. The van der Waals surface area contributed by atoms with Gasteiger partial charge < -0.3 is 15.5 Å². The number of aliphatic imine (C=N–C) groups is 1. The van der Waals surface area contributed by atoms with Crippen LogP contribution in [0.25, 0.3) is 0 Å². The molecule has 1 unspecified atom stereocenters. The summed E-state index contributed by atoms with van der Waals surface area (Å²) in [6.07, 6.45) is 2.41. The van der Waals surface area contributed by atoms with Gasteiger partial charge in [-0.25, -0.2) is 4.39 Å². The zero-order valence-corrected chi connectivity index (χ0v) is 18.1. The van der Waals surface area contributed by atoms with Gasteiger partial charge in [0.1, 0.15) is 5.82 Å². The number of hydrogen-bond donors (Lipinski definition) is 2. The van der Waals surface area contributed by atoms with E-state index in [1.165, 1.54) is 12.8 Å². The van der Waals surface area contributed by atoms with E-state index >= 15 is 0 Å². The number of aryl methyl sites for hydroxylation is 1. The number of piperidine rings is 1. The first-order chi connectivity index (χ1) is 11.5. The summed E-state index contributed by atoms with van der Waals surface area (Å²) in [7, 11) is 2.17. The third kappa shape index (κ3) is 7.09. The van der Waals surface area contributed by atoms with Crippen LogP contribution >= 0.6 is 24.0 Å². The van der Waals surface area contributed by atoms with Gasteiger partial charge in [-0.2, -0.15) is 0 Å². The minimum atomic E-state index is -0.158. The van der Waals surface area contributed by atoms with Gasteiger partial charge in [-0.1, -0.05) is 12.1 Å². The lowest BCUT2D eigenvalue weighted by Crippen LogP contribution is -2.39. The predicted molar refractivity (Wildman–Crippen MR) is 114 cm³/mol. The Balaban J connectivity index is 0.00000312. The Hall–Kier alpha value is -0.890. The van der Waals surface area contributed by atoms with Crippen LogP contribution in [0.2, 0.25) is 0 Å². The predicted octanol–water partition coefficient (Wildman–Crippen LogP) is 3.71. The molecule has 25 heavy (non-hydrogen) atoms. The van der Waals surface area contributed by atoms with Crippen LogP contribution in [0, 0.1) is 18.7 Å². The molecule has 1 aromatic rings. The fraction of sp³-hybridized carbons (Fsp3) is 0.632. The molecule has 0 aromatic heterocycles. The summed E-state index contributed by atoms with van der Waals surface area (Å²) in [5.74, 6) is 1.31. The van der Waals surface area contributed by atoms with E-state index in [1.807, 2.05) is 19.1 Å². The second-order valence-electron chi connectivity index (χ2n) is 6.84. The van der Waals surface area contributed by atoms with Crippen molar-refractivity contribution in [1.29, 1.82) is 0 Å². The van der Waals surface area contributed by atoms with Crippen molar-refractivity contribution in [3.05, 3.63) is 35.1 Å². The van der Waals surface area contributed by atoms with Gasteiger partial charge in [0.15, 0.2) is 5.96 Å². The second kappa shape index (κ2) is 11.0. The van der Waals surface area contributed by atoms with Crippen LogP contribution in [0.4, 0.5) is 4.39 Å². The summed E-state index contributed by atoms with van der Waals surface area (Å²) in [5.41, 5.74) is 1.61. The lowest BCUT2D eigenvalue weighted by molar-refractivity contribution is 0.223. The zero-order chi connectivity index (χ0) is 17.5. The van der Waals surface area contributed by atoms with E-state index < -0.39 is 0 Å². The number of nitrogens with zero attached hydrogens (tertiary/aromatic N) is 2. The van der Waals surface area contributed by atoms with Crippen LogP contribution in [-0.4, -0.2) is 44.1 Å². The quantitative estimate of drug-likeness (QED) is 0.398. The molecule has 4 nitrogen and oxygen atoms in total. The van der Waals surface area contributed by atoms with E-state index in [1.54, 1.807) is 13.0 Å². The maximum absolute atomic E-state index is 13.8. The molecule has 1 heterocycles. The van der Waals surface area contributed by atoms with Crippen LogP contribution in [0.5, 0.6) is 0 Å². The Morgan fingerprint density at radius 2 is 2.04 bits per heavy atom. The molecule has 1 saturated heterocycles. The van der Waals surface area contributed by atoms with Gasteiger partial charge in [-0.05, 0) is 76.9 Å². The third-order valence-corrected chi connectivity index (χ3v) is 4.74. The molecule has 2 rings (SSSR count). The molecule has 6 heteroatoms. The molecule has 1 aliphatic heterocycles. The van der Waals surface area contributed by atoms with Gasteiger partial charge >= 0.3 is 0 Å². The maximum atomic E-state index is 13.8. The molecule has 2 N–H and O–H groups in total. The molecule has 0 bridgehead atoms. The molecule has 1 aromatic carbocycles. The molecule has 142 valence electrons. The van der Waals surface area contributed by atoms with Crippen molar-refractivity contribution in [2.45, 2.75) is 39.7 Å². The molecular weight excluding hydrogens is 430 g/mol. The molecule has 0 spiro atoms. The fourth-order valence-electron chi connectivity index (χ4n) is 2.95. The van der Waals surface area contributed by atoms with Gasteiger partial charge in [0.2, 0.25) is 0 Å². The average Bonchev–Trinajstić information content (AvgIpc) is 2.56. The SMILES string of the molecule is CCNC(=NCC1CCN(C)CC1)NC(C)c1ccc(C)c(F)c1.I. The van der Waals surface area contributed by atoms with E-state index in [-0.39, 0.29) is 35.8 Å². The van der Waals surface area contributed by atoms with Crippen LogP contribution in [0.1, 0.15) is 43.9 Å². The summed E-state index contributed by atoms with van der Waals surface area (Å²) in [6, 6.07) is 5.41. The Labute approximate surface area is 168 Å². The smallest absolute Gasteiger partial charge is 0.191 e. The van der Waals surface area contributed by atoms with E-state index in [2.05, 4.69) is 29.5 Å². The molecule has 0 saturated carbocycles. The molecule has 1 aliphatic rings. The number of halogens is 2.